The van der Waals surface area contributed by atoms with Crippen molar-refractivity contribution in [1.82, 2.24) is 5.32 Å². The molecule has 0 spiro atoms. The van der Waals surface area contributed by atoms with Gasteiger partial charge in [0.2, 0.25) is 5.91 Å². The van der Waals surface area contributed by atoms with Crippen LogP contribution in [0.15, 0.2) is 30.3 Å². The summed E-state index contributed by atoms with van der Waals surface area (Å²) >= 11 is 0. The Morgan fingerprint density at radius 1 is 1.19 bits per heavy atom. The second-order valence-corrected chi connectivity index (χ2v) is 6.08. The van der Waals surface area contributed by atoms with Crippen LogP contribution in [0.4, 0.5) is 13.2 Å². The van der Waals surface area contributed by atoms with Gasteiger partial charge in [0.15, 0.2) is 0 Å². The smallest absolute Gasteiger partial charge is 0.344 e. The van der Waals surface area contributed by atoms with Crippen LogP contribution in [0.5, 0.6) is 0 Å². The standard InChI is InChI=1S/C16H18F3NO/c17-16(18,19)13(9-10-5-2-1-3-6-10)20-15(21)14-11-7-4-8-12(11)14/h1-3,5-6,11-14H,4,7-9H2,(H,20,21). The van der Waals surface area contributed by atoms with Crippen LogP contribution in [0.2, 0.25) is 0 Å². The van der Waals surface area contributed by atoms with Crippen LogP contribution >= 0.6 is 0 Å². The fourth-order valence-electron chi connectivity index (χ4n) is 3.58. The number of halogens is 3. The molecule has 1 N–H and O–H groups in total. The number of nitrogens with one attached hydrogen (secondary N) is 1. The summed E-state index contributed by atoms with van der Waals surface area (Å²) in [6.07, 6.45) is -1.56. The molecule has 1 aromatic carbocycles. The van der Waals surface area contributed by atoms with Gasteiger partial charge in [0.1, 0.15) is 6.04 Å². The van der Waals surface area contributed by atoms with Crippen LogP contribution in [0, 0.1) is 17.8 Å². The zero-order chi connectivity index (χ0) is 15.0. The molecule has 1 amide bonds. The first-order chi connectivity index (χ1) is 9.97. The SMILES string of the molecule is O=C(NC(Cc1ccccc1)C(F)(F)F)C1C2CCCC21. The number of carbonyl (C=O) groups is 1. The van der Waals surface area contributed by atoms with Crippen LogP contribution in [-0.2, 0) is 11.2 Å². The molecule has 1 aromatic rings. The van der Waals surface area contributed by atoms with Gasteiger partial charge in [-0.15, -0.1) is 0 Å². The lowest BCUT2D eigenvalue weighted by Gasteiger charge is -2.22. The maximum absolute atomic E-state index is 13.1. The summed E-state index contributed by atoms with van der Waals surface area (Å²) in [6.45, 7) is 0. The molecule has 3 atom stereocenters. The summed E-state index contributed by atoms with van der Waals surface area (Å²) in [5.41, 5.74) is 0.580. The van der Waals surface area contributed by atoms with E-state index in [-0.39, 0.29) is 12.3 Å². The van der Waals surface area contributed by atoms with E-state index in [1.807, 2.05) is 0 Å². The van der Waals surface area contributed by atoms with Gasteiger partial charge in [-0.25, -0.2) is 0 Å². The average molecular weight is 297 g/mol. The Hall–Kier alpha value is -1.52. The molecule has 0 heterocycles. The summed E-state index contributed by atoms with van der Waals surface area (Å²) in [5, 5.41) is 2.23. The molecule has 114 valence electrons. The van der Waals surface area contributed by atoms with Crippen molar-refractivity contribution in [2.75, 3.05) is 0 Å². The van der Waals surface area contributed by atoms with E-state index in [0.29, 0.717) is 17.4 Å². The summed E-state index contributed by atoms with van der Waals surface area (Å²) < 4.78 is 39.4. The van der Waals surface area contributed by atoms with Gasteiger partial charge in [0, 0.05) is 12.3 Å². The van der Waals surface area contributed by atoms with E-state index in [0.717, 1.165) is 19.3 Å². The molecule has 2 aliphatic carbocycles. The number of carbonyl (C=O) groups excluding carboxylic acids is 1. The van der Waals surface area contributed by atoms with Gasteiger partial charge in [0.25, 0.3) is 0 Å². The van der Waals surface area contributed by atoms with Crippen molar-refractivity contribution >= 4 is 5.91 Å². The minimum Gasteiger partial charge on any atom is -0.344 e. The quantitative estimate of drug-likeness (QED) is 0.907. The van der Waals surface area contributed by atoms with Crippen LogP contribution in [-0.4, -0.2) is 18.1 Å². The lowest BCUT2D eigenvalue weighted by Crippen LogP contribution is -2.47. The Labute approximate surface area is 121 Å². The molecular weight excluding hydrogens is 279 g/mol. The fourth-order valence-corrected chi connectivity index (χ4v) is 3.58. The average Bonchev–Trinajstić information content (AvgIpc) is 2.92. The second kappa shape index (κ2) is 5.35. The Balaban J connectivity index is 1.64. The van der Waals surface area contributed by atoms with Gasteiger partial charge in [0.05, 0.1) is 0 Å². The highest BCUT2D eigenvalue weighted by Crippen LogP contribution is 2.57. The third-order valence-corrected chi connectivity index (χ3v) is 4.70. The number of hydrogen-bond donors (Lipinski definition) is 1. The van der Waals surface area contributed by atoms with Crippen molar-refractivity contribution in [3.63, 3.8) is 0 Å². The molecule has 2 saturated carbocycles. The first kappa shape index (κ1) is 14.4. The Morgan fingerprint density at radius 2 is 1.81 bits per heavy atom. The first-order valence-electron chi connectivity index (χ1n) is 7.38. The van der Waals surface area contributed by atoms with Gasteiger partial charge in [-0.05, 0) is 30.2 Å². The number of benzene rings is 1. The van der Waals surface area contributed by atoms with E-state index in [4.69, 9.17) is 0 Å². The minimum atomic E-state index is -4.42. The molecule has 0 radical (unpaired) electrons. The second-order valence-electron chi connectivity index (χ2n) is 6.08. The summed E-state index contributed by atoms with van der Waals surface area (Å²) in [5.74, 6) is 0.0635. The van der Waals surface area contributed by atoms with Crippen LogP contribution < -0.4 is 5.32 Å². The van der Waals surface area contributed by atoms with Crippen molar-refractivity contribution in [3.05, 3.63) is 35.9 Å². The first-order valence-corrected chi connectivity index (χ1v) is 7.38. The third kappa shape index (κ3) is 3.06. The molecule has 2 aliphatic rings. The van der Waals surface area contributed by atoms with Gasteiger partial charge < -0.3 is 5.32 Å². The van der Waals surface area contributed by atoms with Crippen molar-refractivity contribution in [1.29, 1.82) is 0 Å². The lowest BCUT2D eigenvalue weighted by molar-refractivity contribution is -0.162. The van der Waals surface area contributed by atoms with E-state index in [2.05, 4.69) is 5.32 Å². The van der Waals surface area contributed by atoms with E-state index < -0.39 is 18.1 Å². The van der Waals surface area contributed by atoms with Crippen LogP contribution in [0.1, 0.15) is 24.8 Å². The highest BCUT2D eigenvalue weighted by molar-refractivity contribution is 5.82. The number of alkyl halides is 3. The number of rotatable bonds is 4. The normalized spacial score (nSPS) is 28.8. The van der Waals surface area contributed by atoms with Gasteiger partial charge in [-0.3, -0.25) is 4.79 Å². The maximum atomic E-state index is 13.1. The highest BCUT2D eigenvalue weighted by Gasteiger charge is 2.57. The third-order valence-electron chi connectivity index (χ3n) is 4.70. The molecule has 0 saturated heterocycles. The number of fused-ring (bicyclic) bond motifs is 1. The molecule has 21 heavy (non-hydrogen) atoms. The van der Waals surface area contributed by atoms with Crippen molar-refractivity contribution < 1.29 is 18.0 Å². The Kier molecular flexibility index (Phi) is 3.68. The molecule has 0 bridgehead atoms. The summed E-state index contributed by atoms with van der Waals surface area (Å²) in [7, 11) is 0. The highest BCUT2D eigenvalue weighted by atomic mass is 19.4. The molecule has 0 aliphatic heterocycles. The zero-order valence-electron chi connectivity index (χ0n) is 11.6. The number of amides is 1. The monoisotopic (exact) mass is 297 g/mol. The fraction of sp³-hybridized carbons (Fsp3) is 0.562. The minimum absolute atomic E-state index is 0.181. The van der Waals surface area contributed by atoms with E-state index in [1.165, 1.54) is 0 Å². The van der Waals surface area contributed by atoms with E-state index in [1.54, 1.807) is 30.3 Å². The predicted molar refractivity (Wildman–Crippen MR) is 72.5 cm³/mol. The number of hydrogen-bond acceptors (Lipinski definition) is 1. The van der Waals surface area contributed by atoms with Crippen molar-refractivity contribution in [2.45, 2.75) is 37.9 Å². The molecular formula is C16H18F3NO. The predicted octanol–water partition coefficient (Wildman–Crippen LogP) is 3.32. The molecule has 5 heteroatoms. The Bertz CT molecular complexity index is 504. The molecule has 3 rings (SSSR count). The molecule has 0 aromatic heterocycles. The molecule has 2 fully saturated rings. The van der Waals surface area contributed by atoms with Gasteiger partial charge in [-0.2, -0.15) is 13.2 Å². The van der Waals surface area contributed by atoms with Crippen molar-refractivity contribution in [3.8, 4) is 0 Å². The van der Waals surface area contributed by atoms with E-state index in [9.17, 15) is 18.0 Å². The molecule has 2 nitrogen and oxygen atoms in total. The largest absolute Gasteiger partial charge is 0.408 e. The van der Waals surface area contributed by atoms with Crippen LogP contribution in [0.3, 0.4) is 0 Å². The zero-order valence-corrected chi connectivity index (χ0v) is 11.6. The topological polar surface area (TPSA) is 29.1 Å². The summed E-state index contributed by atoms with van der Waals surface area (Å²) in [4.78, 5) is 12.1. The lowest BCUT2D eigenvalue weighted by atomic mass is 10.0. The van der Waals surface area contributed by atoms with E-state index >= 15 is 0 Å². The van der Waals surface area contributed by atoms with Gasteiger partial charge in [-0.1, -0.05) is 36.8 Å². The molecule has 3 unspecified atom stereocenters. The maximum Gasteiger partial charge on any atom is 0.408 e. The summed E-state index contributed by atoms with van der Waals surface area (Å²) in [6, 6.07) is 6.67. The van der Waals surface area contributed by atoms with Crippen LogP contribution in [0.25, 0.3) is 0 Å². The van der Waals surface area contributed by atoms with Crippen molar-refractivity contribution in [2.24, 2.45) is 17.8 Å². The Morgan fingerprint density at radius 3 is 2.38 bits per heavy atom. The van der Waals surface area contributed by atoms with Gasteiger partial charge >= 0.3 is 6.18 Å².